The Hall–Kier alpha value is -1.97. The van der Waals surface area contributed by atoms with Crippen LogP contribution in [-0.2, 0) is 19.6 Å². The Morgan fingerprint density at radius 3 is 2.48 bits per heavy atom. The summed E-state index contributed by atoms with van der Waals surface area (Å²) in [6, 6.07) is 6.25. The van der Waals surface area contributed by atoms with E-state index >= 15 is 0 Å². The largest absolute Gasteiger partial charge is 0.480 e. The zero-order valence-corrected chi connectivity index (χ0v) is 16.1. The van der Waals surface area contributed by atoms with Crippen LogP contribution in [0.1, 0.15) is 32.6 Å². The maximum atomic E-state index is 12.6. The average Bonchev–Trinajstić information content (AvgIpc) is 3.02. The molecule has 1 aliphatic carbocycles. The van der Waals surface area contributed by atoms with Crippen LogP contribution in [0.2, 0.25) is 0 Å². The Labute approximate surface area is 159 Å². The first-order valence-electron chi connectivity index (χ1n) is 9.18. The lowest BCUT2D eigenvalue weighted by Gasteiger charge is -2.42. The van der Waals surface area contributed by atoms with Gasteiger partial charge in [-0.05, 0) is 50.1 Å². The number of aliphatic carboxylic acids is 1. The Morgan fingerprint density at radius 2 is 1.96 bits per heavy atom. The SMILES string of the molecule is CCN(CC(=O)O)C1CC(NS(=O)(=O)c2ccc(N3CCCC3=O)cc2)C1. The van der Waals surface area contributed by atoms with Crippen molar-refractivity contribution in [1.29, 1.82) is 0 Å². The summed E-state index contributed by atoms with van der Waals surface area (Å²) in [4.78, 5) is 26.3. The second kappa shape index (κ2) is 7.95. The van der Waals surface area contributed by atoms with E-state index in [0.717, 1.165) is 6.42 Å². The molecule has 0 radical (unpaired) electrons. The van der Waals surface area contributed by atoms with Crippen molar-refractivity contribution in [1.82, 2.24) is 9.62 Å². The summed E-state index contributed by atoms with van der Waals surface area (Å²) in [5.41, 5.74) is 0.715. The van der Waals surface area contributed by atoms with Gasteiger partial charge in [-0.3, -0.25) is 14.5 Å². The third-order valence-electron chi connectivity index (χ3n) is 5.23. The van der Waals surface area contributed by atoms with E-state index in [-0.39, 0.29) is 29.4 Å². The Morgan fingerprint density at radius 1 is 1.30 bits per heavy atom. The smallest absolute Gasteiger partial charge is 0.317 e. The van der Waals surface area contributed by atoms with Crippen LogP contribution >= 0.6 is 0 Å². The van der Waals surface area contributed by atoms with Crippen molar-refractivity contribution in [3.05, 3.63) is 24.3 Å². The van der Waals surface area contributed by atoms with Crippen LogP contribution in [0.25, 0.3) is 0 Å². The van der Waals surface area contributed by atoms with Gasteiger partial charge in [-0.25, -0.2) is 13.1 Å². The monoisotopic (exact) mass is 395 g/mol. The van der Waals surface area contributed by atoms with Crippen LogP contribution < -0.4 is 9.62 Å². The maximum absolute atomic E-state index is 12.6. The maximum Gasteiger partial charge on any atom is 0.317 e. The molecule has 0 spiro atoms. The van der Waals surface area contributed by atoms with E-state index in [0.29, 0.717) is 38.0 Å². The number of hydrogen-bond acceptors (Lipinski definition) is 5. The third kappa shape index (κ3) is 4.48. The number of sulfonamides is 1. The molecule has 27 heavy (non-hydrogen) atoms. The molecular formula is C18H25N3O5S. The number of hydrogen-bond donors (Lipinski definition) is 2. The molecule has 1 aromatic rings. The summed E-state index contributed by atoms with van der Waals surface area (Å²) < 4.78 is 27.8. The van der Waals surface area contributed by atoms with Crippen LogP contribution in [0.5, 0.6) is 0 Å². The lowest BCUT2D eigenvalue weighted by Crippen LogP contribution is -2.54. The predicted molar refractivity (Wildman–Crippen MR) is 100 cm³/mol. The minimum absolute atomic E-state index is 0.0304. The first-order chi connectivity index (χ1) is 12.8. The molecule has 1 amide bonds. The number of carbonyl (C=O) groups is 2. The lowest BCUT2D eigenvalue weighted by atomic mass is 9.86. The van der Waals surface area contributed by atoms with E-state index in [4.69, 9.17) is 5.11 Å². The minimum Gasteiger partial charge on any atom is -0.480 e. The van der Waals surface area contributed by atoms with Crippen molar-refractivity contribution in [3.63, 3.8) is 0 Å². The van der Waals surface area contributed by atoms with Gasteiger partial charge in [0.15, 0.2) is 0 Å². The third-order valence-corrected chi connectivity index (χ3v) is 6.76. The molecule has 8 nitrogen and oxygen atoms in total. The molecule has 3 rings (SSSR count). The van der Waals surface area contributed by atoms with Crippen molar-refractivity contribution >= 4 is 27.6 Å². The highest BCUT2D eigenvalue weighted by atomic mass is 32.2. The number of rotatable bonds is 8. The molecule has 0 unspecified atom stereocenters. The number of likely N-dealkylation sites (N-methyl/N-ethyl adjacent to an activating group) is 1. The predicted octanol–water partition coefficient (Wildman–Crippen LogP) is 1.03. The lowest BCUT2D eigenvalue weighted by molar-refractivity contribution is -0.139. The second-order valence-corrected chi connectivity index (χ2v) is 8.76. The molecule has 0 atom stereocenters. The van der Waals surface area contributed by atoms with Gasteiger partial charge in [-0.2, -0.15) is 0 Å². The molecule has 2 fully saturated rings. The number of nitrogens with zero attached hydrogens (tertiary/aromatic N) is 2. The molecule has 1 saturated heterocycles. The van der Waals surface area contributed by atoms with Gasteiger partial charge in [0.25, 0.3) is 0 Å². The Kier molecular flexibility index (Phi) is 5.83. The summed E-state index contributed by atoms with van der Waals surface area (Å²) in [6.45, 7) is 3.15. The molecule has 2 N–H and O–H groups in total. The first kappa shape index (κ1) is 19.8. The van der Waals surface area contributed by atoms with Gasteiger partial charge >= 0.3 is 5.97 Å². The molecule has 9 heteroatoms. The zero-order chi connectivity index (χ0) is 19.6. The van der Waals surface area contributed by atoms with Crippen molar-refractivity contribution in [2.75, 3.05) is 24.5 Å². The van der Waals surface area contributed by atoms with Crippen LogP contribution in [0.3, 0.4) is 0 Å². The summed E-state index contributed by atoms with van der Waals surface area (Å²) in [5.74, 6) is -0.816. The van der Waals surface area contributed by atoms with Gasteiger partial charge in [0, 0.05) is 30.7 Å². The van der Waals surface area contributed by atoms with Crippen LogP contribution in [0, 0.1) is 0 Å². The molecule has 148 valence electrons. The fourth-order valence-corrected chi connectivity index (χ4v) is 4.93. The molecule has 1 aliphatic heterocycles. The van der Waals surface area contributed by atoms with Gasteiger partial charge in [-0.15, -0.1) is 0 Å². The van der Waals surface area contributed by atoms with Gasteiger partial charge in [0.05, 0.1) is 11.4 Å². The van der Waals surface area contributed by atoms with E-state index < -0.39 is 16.0 Å². The number of benzene rings is 1. The van der Waals surface area contributed by atoms with Gasteiger partial charge in [-0.1, -0.05) is 6.92 Å². The molecule has 1 heterocycles. The van der Waals surface area contributed by atoms with Crippen molar-refractivity contribution in [2.45, 2.75) is 49.6 Å². The Bertz CT molecular complexity index is 803. The summed E-state index contributed by atoms with van der Waals surface area (Å²) in [5, 5.41) is 8.92. The van der Waals surface area contributed by atoms with E-state index in [1.807, 2.05) is 11.8 Å². The number of nitrogens with one attached hydrogen (secondary N) is 1. The highest BCUT2D eigenvalue weighted by Crippen LogP contribution is 2.28. The van der Waals surface area contributed by atoms with Crippen LogP contribution in [0.15, 0.2) is 29.2 Å². The fraction of sp³-hybridized carbons (Fsp3) is 0.556. The number of carbonyl (C=O) groups excluding carboxylic acids is 1. The van der Waals surface area contributed by atoms with Crippen molar-refractivity contribution < 1.29 is 23.1 Å². The minimum atomic E-state index is -3.64. The number of carboxylic acid groups (broad SMARTS) is 1. The van der Waals surface area contributed by atoms with Crippen molar-refractivity contribution in [3.8, 4) is 0 Å². The average molecular weight is 395 g/mol. The van der Waals surface area contributed by atoms with Crippen molar-refractivity contribution in [2.24, 2.45) is 0 Å². The first-order valence-corrected chi connectivity index (χ1v) is 10.7. The van der Waals surface area contributed by atoms with E-state index in [1.54, 1.807) is 17.0 Å². The molecule has 0 aromatic heterocycles. The second-order valence-electron chi connectivity index (χ2n) is 7.04. The summed E-state index contributed by atoms with van der Waals surface area (Å²) >= 11 is 0. The topological polar surface area (TPSA) is 107 Å². The normalized spacial score (nSPS) is 22.9. The highest BCUT2D eigenvalue weighted by Gasteiger charge is 2.36. The zero-order valence-electron chi connectivity index (χ0n) is 15.3. The fourth-order valence-electron chi connectivity index (χ4n) is 3.67. The standard InChI is InChI=1S/C18H25N3O5S/c1-2-20(12-18(23)24)15-10-13(11-15)19-27(25,26)16-7-5-14(6-8-16)21-9-3-4-17(21)22/h5-8,13,15,19H,2-4,9-12H2,1H3,(H,23,24). The Balaban J connectivity index is 1.58. The van der Waals surface area contributed by atoms with Crippen LogP contribution in [-0.4, -0.2) is 62.0 Å². The molecule has 0 bridgehead atoms. The number of carboxylic acids is 1. The van der Waals surface area contributed by atoms with Crippen LogP contribution in [0.4, 0.5) is 5.69 Å². The highest BCUT2D eigenvalue weighted by molar-refractivity contribution is 7.89. The number of anilines is 1. The van der Waals surface area contributed by atoms with Gasteiger partial charge in [0.1, 0.15) is 0 Å². The quantitative estimate of drug-likeness (QED) is 0.681. The van der Waals surface area contributed by atoms with Gasteiger partial charge < -0.3 is 10.0 Å². The van der Waals surface area contributed by atoms with E-state index in [2.05, 4.69) is 4.72 Å². The molecular weight excluding hydrogens is 370 g/mol. The van der Waals surface area contributed by atoms with E-state index in [1.165, 1.54) is 12.1 Å². The molecule has 1 aromatic carbocycles. The molecule has 1 saturated carbocycles. The van der Waals surface area contributed by atoms with Gasteiger partial charge in [0.2, 0.25) is 15.9 Å². The summed E-state index contributed by atoms with van der Waals surface area (Å²) in [7, 11) is -3.64. The molecule has 2 aliphatic rings. The van der Waals surface area contributed by atoms with E-state index in [9.17, 15) is 18.0 Å². The number of amides is 1. The summed E-state index contributed by atoms with van der Waals surface area (Å²) in [6.07, 6.45) is 2.54.